The average molecular weight is 347 g/mol. The van der Waals surface area contributed by atoms with Crippen LogP contribution >= 0.6 is 0 Å². The highest BCUT2D eigenvalue weighted by molar-refractivity contribution is 5.72. The maximum Gasteiger partial charge on any atom is 0.310 e. The molecule has 2 aromatic rings. The van der Waals surface area contributed by atoms with E-state index in [0.29, 0.717) is 23.8 Å². The molecule has 0 saturated heterocycles. The van der Waals surface area contributed by atoms with Gasteiger partial charge in [0.05, 0.1) is 18.7 Å². The zero-order valence-electron chi connectivity index (χ0n) is 14.4. The SMILES string of the molecule is CC(C)CCOc1c[nH]c(COC(=O)Cc2ccc(F)cc2)cc1=O. The molecule has 0 radical (unpaired) electrons. The third-order valence-corrected chi connectivity index (χ3v) is 3.54. The van der Waals surface area contributed by atoms with Gasteiger partial charge in [0.2, 0.25) is 5.43 Å². The minimum Gasteiger partial charge on any atom is -0.488 e. The number of benzene rings is 1. The number of nitrogens with one attached hydrogen (secondary N) is 1. The second kappa shape index (κ2) is 9.01. The number of carbonyl (C=O) groups is 1. The standard InChI is InChI=1S/C19H22FNO4/c1-13(2)7-8-24-18-11-21-16(10-17(18)22)12-25-19(23)9-14-3-5-15(20)6-4-14/h3-6,10-11,13H,7-9,12H2,1-2H3,(H,21,22). The Bertz CT molecular complexity index is 753. The van der Waals surface area contributed by atoms with Crippen LogP contribution in [0.15, 0.2) is 41.3 Å². The Morgan fingerprint density at radius 2 is 1.96 bits per heavy atom. The molecule has 0 aliphatic carbocycles. The summed E-state index contributed by atoms with van der Waals surface area (Å²) < 4.78 is 23.4. The first kappa shape index (κ1) is 18.7. The Kier molecular flexibility index (Phi) is 6.74. The summed E-state index contributed by atoms with van der Waals surface area (Å²) in [6.07, 6.45) is 2.38. The molecule has 1 heterocycles. The molecule has 6 heteroatoms. The second-order valence-electron chi connectivity index (χ2n) is 6.18. The maximum absolute atomic E-state index is 12.8. The molecule has 2 rings (SSSR count). The van der Waals surface area contributed by atoms with E-state index in [0.717, 1.165) is 6.42 Å². The van der Waals surface area contributed by atoms with Gasteiger partial charge in [-0.2, -0.15) is 0 Å². The van der Waals surface area contributed by atoms with E-state index >= 15 is 0 Å². The van der Waals surface area contributed by atoms with Crippen molar-refractivity contribution in [2.75, 3.05) is 6.61 Å². The first-order chi connectivity index (χ1) is 11.9. The average Bonchev–Trinajstić information content (AvgIpc) is 2.56. The molecule has 1 aromatic carbocycles. The van der Waals surface area contributed by atoms with Crippen LogP contribution in [0.3, 0.4) is 0 Å². The summed E-state index contributed by atoms with van der Waals surface area (Å²) >= 11 is 0. The van der Waals surface area contributed by atoms with Gasteiger partial charge in [0, 0.05) is 12.3 Å². The number of rotatable bonds is 8. The van der Waals surface area contributed by atoms with Crippen LogP contribution in [0.25, 0.3) is 0 Å². The van der Waals surface area contributed by atoms with Crippen LogP contribution in [0.4, 0.5) is 4.39 Å². The van der Waals surface area contributed by atoms with Crippen molar-refractivity contribution < 1.29 is 18.7 Å². The van der Waals surface area contributed by atoms with E-state index in [1.54, 1.807) is 0 Å². The number of H-pyrrole nitrogens is 1. The van der Waals surface area contributed by atoms with Crippen molar-refractivity contribution >= 4 is 5.97 Å². The predicted molar refractivity (Wildman–Crippen MR) is 91.9 cm³/mol. The molecule has 0 aliphatic rings. The molecule has 0 bridgehead atoms. The monoisotopic (exact) mass is 347 g/mol. The van der Waals surface area contributed by atoms with E-state index in [4.69, 9.17) is 9.47 Å². The van der Waals surface area contributed by atoms with E-state index in [-0.39, 0.29) is 30.0 Å². The Hall–Kier alpha value is -2.63. The topological polar surface area (TPSA) is 68.4 Å². The van der Waals surface area contributed by atoms with Gasteiger partial charge in [-0.3, -0.25) is 9.59 Å². The Labute approximate surface area is 145 Å². The molecule has 0 aliphatic heterocycles. The first-order valence-corrected chi connectivity index (χ1v) is 8.18. The van der Waals surface area contributed by atoms with Crippen molar-refractivity contribution in [3.8, 4) is 5.75 Å². The lowest BCUT2D eigenvalue weighted by Crippen LogP contribution is -2.13. The molecule has 0 unspecified atom stereocenters. The van der Waals surface area contributed by atoms with Gasteiger partial charge in [0.25, 0.3) is 0 Å². The van der Waals surface area contributed by atoms with Gasteiger partial charge in [-0.1, -0.05) is 26.0 Å². The van der Waals surface area contributed by atoms with Crippen molar-refractivity contribution in [2.45, 2.75) is 33.3 Å². The van der Waals surface area contributed by atoms with Crippen LogP contribution < -0.4 is 10.2 Å². The van der Waals surface area contributed by atoms with Gasteiger partial charge in [-0.15, -0.1) is 0 Å². The molecule has 0 amide bonds. The fourth-order valence-corrected chi connectivity index (χ4v) is 2.08. The molecular weight excluding hydrogens is 325 g/mol. The number of carbonyl (C=O) groups excluding carboxylic acids is 1. The quantitative estimate of drug-likeness (QED) is 0.745. The van der Waals surface area contributed by atoms with Crippen molar-refractivity contribution in [1.82, 2.24) is 4.98 Å². The third kappa shape index (κ3) is 6.41. The first-order valence-electron chi connectivity index (χ1n) is 8.18. The minimum absolute atomic E-state index is 0.0401. The van der Waals surface area contributed by atoms with Crippen LogP contribution in [-0.2, 0) is 22.6 Å². The molecule has 0 saturated carbocycles. The lowest BCUT2D eigenvalue weighted by atomic mass is 10.1. The molecule has 5 nitrogen and oxygen atoms in total. The van der Waals surface area contributed by atoms with Gasteiger partial charge in [-0.25, -0.2) is 4.39 Å². The summed E-state index contributed by atoms with van der Waals surface area (Å²) in [4.78, 5) is 26.6. The normalized spacial score (nSPS) is 10.7. The molecule has 0 fully saturated rings. The number of aromatic amines is 1. The third-order valence-electron chi connectivity index (χ3n) is 3.54. The summed E-state index contributed by atoms with van der Waals surface area (Å²) in [6, 6.07) is 7.00. The Morgan fingerprint density at radius 1 is 1.24 bits per heavy atom. The fourth-order valence-electron chi connectivity index (χ4n) is 2.08. The summed E-state index contributed by atoms with van der Waals surface area (Å²) in [5.41, 5.74) is 0.884. The van der Waals surface area contributed by atoms with Crippen LogP contribution in [0.1, 0.15) is 31.5 Å². The van der Waals surface area contributed by atoms with Gasteiger partial charge >= 0.3 is 5.97 Å². The number of aromatic nitrogens is 1. The van der Waals surface area contributed by atoms with E-state index in [1.807, 2.05) is 0 Å². The van der Waals surface area contributed by atoms with Crippen LogP contribution in [-0.4, -0.2) is 17.6 Å². The number of hydrogen-bond acceptors (Lipinski definition) is 4. The van der Waals surface area contributed by atoms with Gasteiger partial charge in [-0.05, 0) is 30.0 Å². The lowest BCUT2D eigenvalue weighted by molar-refractivity contribution is -0.144. The summed E-state index contributed by atoms with van der Waals surface area (Å²) in [6.45, 7) is 4.60. The highest BCUT2D eigenvalue weighted by Crippen LogP contribution is 2.08. The van der Waals surface area contributed by atoms with Crippen LogP contribution in [0.2, 0.25) is 0 Å². The fraction of sp³-hybridized carbons (Fsp3) is 0.368. The van der Waals surface area contributed by atoms with Crippen molar-refractivity contribution in [3.05, 3.63) is 63.8 Å². The van der Waals surface area contributed by atoms with E-state index < -0.39 is 5.97 Å². The summed E-state index contributed by atoms with van der Waals surface area (Å²) in [5, 5.41) is 0. The highest BCUT2D eigenvalue weighted by Gasteiger charge is 2.08. The molecular formula is C19H22FNO4. The lowest BCUT2D eigenvalue weighted by Gasteiger charge is -2.09. The number of ether oxygens (including phenoxy) is 2. The van der Waals surface area contributed by atoms with Crippen molar-refractivity contribution in [3.63, 3.8) is 0 Å². The molecule has 25 heavy (non-hydrogen) atoms. The van der Waals surface area contributed by atoms with Crippen LogP contribution in [0, 0.1) is 11.7 Å². The summed E-state index contributed by atoms with van der Waals surface area (Å²) in [7, 11) is 0. The largest absolute Gasteiger partial charge is 0.488 e. The van der Waals surface area contributed by atoms with Gasteiger partial charge < -0.3 is 14.5 Å². The van der Waals surface area contributed by atoms with Crippen molar-refractivity contribution in [2.24, 2.45) is 5.92 Å². The number of esters is 1. The molecule has 0 atom stereocenters. The van der Waals surface area contributed by atoms with Gasteiger partial charge in [0.15, 0.2) is 5.75 Å². The molecule has 1 aromatic heterocycles. The smallest absolute Gasteiger partial charge is 0.310 e. The van der Waals surface area contributed by atoms with Crippen molar-refractivity contribution in [1.29, 1.82) is 0 Å². The highest BCUT2D eigenvalue weighted by atomic mass is 19.1. The maximum atomic E-state index is 12.8. The van der Waals surface area contributed by atoms with E-state index in [1.165, 1.54) is 36.5 Å². The second-order valence-corrected chi connectivity index (χ2v) is 6.18. The zero-order chi connectivity index (χ0) is 18.2. The number of halogens is 1. The van der Waals surface area contributed by atoms with E-state index in [9.17, 15) is 14.0 Å². The molecule has 0 spiro atoms. The van der Waals surface area contributed by atoms with Gasteiger partial charge in [0.1, 0.15) is 12.4 Å². The predicted octanol–water partition coefficient (Wildman–Crippen LogP) is 3.22. The molecule has 134 valence electrons. The Morgan fingerprint density at radius 3 is 2.60 bits per heavy atom. The number of pyridine rings is 1. The minimum atomic E-state index is -0.454. The molecule has 1 N–H and O–H groups in total. The van der Waals surface area contributed by atoms with Crippen LogP contribution in [0.5, 0.6) is 5.75 Å². The number of hydrogen-bond donors (Lipinski definition) is 1. The van der Waals surface area contributed by atoms with E-state index in [2.05, 4.69) is 18.8 Å². The summed E-state index contributed by atoms with van der Waals surface area (Å²) in [5.74, 6) is -0.0592. The Balaban J connectivity index is 1.84. The zero-order valence-corrected chi connectivity index (χ0v) is 14.4.